The molecule has 1 aromatic rings. The van der Waals surface area contributed by atoms with Crippen LogP contribution < -0.4 is 5.32 Å². The molecule has 0 aliphatic rings. The van der Waals surface area contributed by atoms with Crippen molar-refractivity contribution in [2.45, 2.75) is 13.3 Å². The van der Waals surface area contributed by atoms with E-state index in [9.17, 15) is 9.59 Å². The third kappa shape index (κ3) is 3.77. The van der Waals surface area contributed by atoms with Crippen LogP contribution >= 0.6 is 0 Å². The molecule has 0 atom stereocenters. The van der Waals surface area contributed by atoms with Gasteiger partial charge in [-0.2, -0.15) is 0 Å². The Balaban J connectivity index is 2.57. The Morgan fingerprint density at radius 2 is 1.93 bits per heavy atom. The smallest absolute Gasteiger partial charge is 0.258 e. The second-order valence-corrected chi connectivity index (χ2v) is 3.00. The van der Waals surface area contributed by atoms with E-state index in [0.717, 1.165) is 6.42 Å². The number of carbonyl (C=O) groups is 2. The van der Waals surface area contributed by atoms with Gasteiger partial charge in [0.2, 0.25) is 5.91 Å². The number of allylic oxidation sites excluding steroid dienone is 1. The van der Waals surface area contributed by atoms with Crippen LogP contribution in [-0.4, -0.2) is 11.8 Å². The Labute approximate surface area is 88.8 Å². The molecule has 0 saturated heterocycles. The minimum atomic E-state index is -0.384. The second kappa shape index (κ2) is 5.75. The van der Waals surface area contributed by atoms with Crippen LogP contribution in [0.4, 0.5) is 0 Å². The van der Waals surface area contributed by atoms with E-state index in [-0.39, 0.29) is 11.8 Å². The van der Waals surface area contributed by atoms with Gasteiger partial charge in [-0.3, -0.25) is 14.9 Å². The Bertz CT molecular complexity index is 368. The summed E-state index contributed by atoms with van der Waals surface area (Å²) in [6.45, 7) is 1.92. The third-order valence-corrected chi connectivity index (χ3v) is 1.78. The van der Waals surface area contributed by atoms with Gasteiger partial charge >= 0.3 is 0 Å². The minimum absolute atomic E-state index is 0.374. The van der Waals surface area contributed by atoms with E-state index in [1.54, 1.807) is 30.3 Å². The molecular formula is C12H13NO2. The fraction of sp³-hybridized carbons (Fsp3) is 0.167. The highest BCUT2D eigenvalue weighted by molar-refractivity contribution is 6.07. The summed E-state index contributed by atoms with van der Waals surface area (Å²) in [6, 6.07) is 8.64. The first-order chi connectivity index (χ1) is 7.24. The highest BCUT2D eigenvalue weighted by atomic mass is 16.2. The van der Waals surface area contributed by atoms with Crippen LogP contribution in [0, 0.1) is 0 Å². The van der Waals surface area contributed by atoms with Crippen molar-refractivity contribution < 1.29 is 9.59 Å². The average molecular weight is 203 g/mol. The van der Waals surface area contributed by atoms with E-state index in [1.165, 1.54) is 6.08 Å². The fourth-order valence-electron chi connectivity index (χ4n) is 1.04. The number of hydrogen-bond donors (Lipinski definition) is 1. The summed E-state index contributed by atoms with van der Waals surface area (Å²) in [7, 11) is 0. The number of amides is 2. The molecule has 0 aliphatic heterocycles. The van der Waals surface area contributed by atoms with E-state index in [4.69, 9.17) is 0 Å². The molecule has 15 heavy (non-hydrogen) atoms. The maximum atomic E-state index is 11.5. The Morgan fingerprint density at radius 1 is 1.27 bits per heavy atom. The van der Waals surface area contributed by atoms with Crippen LogP contribution in [-0.2, 0) is 4.79 Å². The summed E-state index contributed by atoms with van der Waals surface area (Å²) >= 11 is 0. The quantitative estimate of drug-likeness (QED) is 0.763. The molecule has 0 fully saturated rings. The molecule has 0 saturated carbocycles. The van der Waals surface area contributed by atoms with Gasteiger partial charge in [0.25, 0.3) is 5.91 Å². The summed E-state index contributed by atoms with van der Waals surface area (Å²) in [5.41, 5.74) is 0.482. The molecule has 78 valence electrons. The van der Waals surface area contributed by atoms with Crippen molar-refractivity contribution in [1.82, 2.24) is 5.32 Å². The van der Waals surface area contributed by atoms with Gasteiger partial charge in [-0.05, 0) is 24.6 Å². The van der Waals surface area contributed by atoms with Gasteiger partial charge < -0.3 is 0 Å². The summed E-state index contributed by atoms with van der Waals surface area (Å²) in [4.78, 5) is 22.6. The third-order valence-electron chi connectivity index (χ3n) is 1.78. The maximum Gasteiger partial charge on any atom is 0.258 e. The van der Waals surface area contributed by atoms with Gasteiger partial charge in [-0.1, -0.05) is 31.2 Å². The number of nitrogens with one attached hydrogen (secondary N) is 1. The van der Waals surface area contributed by atoms with Crippen LogP contribution in [0.15, 0.2) is 42.5 Å². The Hall–Kier alpha value is -1.90. The lowest BCUT2D eigenvalue weighted by molar-refractivity contribution is -0.115. The molecule has 0 radical (unpaired) electrons. The molecular weight excluding hydrogens is 190 g/mol. The number of rotatable bonds is 3. The lowest BCUT2D eigenvalue weighted by Gasteiger charge is -2.00. The SMILES string of the molecule is CC/C=C/C(=O)NC(=O)c1ccccc1. The largest absolute Gasteiger partial charge is 0.289 e. The van der Waals surface area contributed by atoms with Crippen molar-refractivity contribution in [3.8, 4) is 0 Å². The zero-order chi connectivity index (χ0) is 11.1. The van der Waals surface area contributed by atoms with Crippen LogP contribution in [0.5, 0.6) is 0 Å². The van der Waals surface area contributed by atoms with E-state index in [2.05, 4.69) is 5.32 Å². The highest BCUT2D eigenvalue weighted by Gasteiger charge is 2.06. The lowest BCUT2D eigenvalue weighted by atomic mass is 10.2. The molecule has 1 aromatic carbocycles. The van der Waals surface area contributed by atoms with Gasteiger partial charge in [0.1, 0.15) is 0 Å². The van der Waals surface area contributed by atoms with Gasteiger partial charge in [0.15, 0.2) is 0 Å². The Kier molecular flexibility index (Phi) is 4.29. The lowest BCUT2D eigenvalue weighted by Crippen LogP contribution is -2.28. The summed E-state index contributed by atoms with van der Waals surface area (Å²) < 4.78 is 0. The van der Waals surface area contributed by atoms with Crippen molar-refractivity contribution in [3.63, 3.8) is 0 Å². The van der Waals surface area contributed by atoms with E-state index >= 15 is 0 Å². The molecule has 3 nitrogen and oxygen atoms in total. The predicted octanol–water partition coefficient (Wildman–Crippen LogP) is 1.91. The summed E-state index contributed by atoms with van der Waals surface area (Å²) in [5.74, 6) is -0.757. The van der Waals surface area contributed by atoms with Crippen LogP contribution in [0.2, 0.25) is 0 Å². The van der Waals surface area contributed by atoms with Crippen molar-refractivity contribution in [1.29, 1.82) is 0 Å². The van der Waals surface area contributed by atoms with E-state index in [0.29, 0.717) is 5.56 Å². The maximum absolute atomic E-state index is 11.5. The monoisotopic (exact) mass is 203 g/mol. The number of benzene rings is 1. The first kappa shape index (κ1) is 11.2. The number of carbonyl (C=O) groups excluding carboxylic acids is 2. The normalized spacial score (nSPS) is 10.2. The van der Waals surface area contributed by atoms with Crippen LogP contribution in [0.3, 0.4) is 0 Å². The number of imide groups is 1. The summed E-state index contributed by atoms with van der Waals surface area (Å²) in [5, 5.41) is 2.27. The average Bonchev–Trinajstić information content (AvgIpc) is 2.27. The predicted molar refractivity (Wildman–Crippen MR) is 58.3 cm³/mol. The van der Waals surface area contributed by atoms with Crippen LogP contribution in [0.1, 0.15) is 23.7 Å². The molecule has 0 heterocycles. The summed E-state index contributed by atoms with van der Waals surface area (Å²) in [6.07, 6.45) is 3.83. The molecule has 0 unspecified atom stereocenters. The molecule has 0 spiro atoms. The zero-order valence-electron chi connectivity index (χ0n) is 8.57. The van der Waals surface area contributed by atoms with Crippen molar-refractivity contribution in [2.75, 3.05) is 0 Å². The highest BCUT2D eigenvalue weighted by Crippen LogP contribution is 1.97. The standard InChI is InChI=1S/C12H13NO2/c1-2-3-9-11(14)13-12(15)10-7-5-4-6-8-10/h3-9H,2H2,1H3,(H,13,14,15)/b9-3+. The van der Waals surface area contributed by atoms with Gasteiger partial charge in [-0.15, -0.1) is 0 Å². The van der Waals surface area contributed by atoms with Gasteiger partial charge in [0, 0.05) is 5.56 Å². The van der Waals surface area contributed by atoms with Gasteiger partial charge in [-0.25, -0.2) is 0 Å². The second-order valence-electron chi connectivity index (χ2n) is 3.00. The molecule has 1 rings (SSSR count). The first-order valence-electron chi connectivity index (χ1n) is 4.81. The van der Waals surface area contributed by atoms with Crippen LogP contribution in [0.25, 0.3) is 0 Å². The Morgan fingerprint density at radius 3 is 2.53 bits per heavy atom. The topological polar surface area (TPSA) is 46.2 Å². The molecule has 1 N–H and O–H groups in total. The first-order valence-corrected chi connectivity index (χ1v) is 4.81. The minimum Gasteiger partial charge on any atom is -0.289 e. The van der Waals surface area contributed by atoms with Gasteiger partial charge in [0.05, 0.1) is 0 Å². The van der Waals surface area contributed by atoms with Crippen molar-refractivity contribution in [3.05, 3.63) is 48.0 Å². The molecule has 0 aromatic heterocycles. The number of hydrogen-bond acceptors (Lipinski definition) is 2. The zero-order valence-corrected chi connectivity index (χ0v) is 8.57. The van der Waals surface area contributed by atoms with E-state index < -0.39 is 0 Å². The molecule has 0 aliphatic carbocycles. The van der Waals surface area contributed by atoms with E-state index in [1.807, 2.05) is 13.0 Å². The van der Waals surface area contributed by atoms with Crippen molar-refractivity contribution in [2.24, 2.45) is 0 Å². The molecule has 3 heteroatoms. The van der Waals surface area contributed by atoms with Crippen molar-refractivity contribution >= 4 is 11.8 Å². The fourth-order valence-corrected chi connectivity index (χ4v) is 1.04. The molecule has 2 amide bonds. The molecule has 0 bridgehead atoms.